The molecule has 1 aromatic rings. The standard InChI is InChI=1S/C18H24N4O3/c1-13(23)21-9-6-14(7-10-21)18(25)20-15-4-2-3-5-16(15)22-11-8-19-17(24)12-22/h2-5,14H,6-12H2,1H3,(H,19,24)(H,20,25). The zero-order valence-electron chi connectivity index (χ0n) is 14.5. The van der Waals surface area contributed by atoms with Crippen molar-refractivity contribution in [1.29, 1.82) is 0 Å². The number of nitrogens with zero attached hydrogens (tertiary/aromatic N) is 2. The van der Waals surface area contributed by atoms with E-state index in [9.17, 15) is 14.4 Å². The number of likely N-dealkylation sites (tertiary alicyclic amines) is 1. The molecule has 2 aliphatic rings. The van der Waals surface area contributed by atoms with E-state index in [0.717, 1.165) is 17.9 Å². The van der Waals surface area contributed by atoms with Crippen LogP contribution in [-0.2, 0) is 14.4 Å². The Balaban J connectivity index is 1.66. The number of rotatable bonds is 3. The molecule has 7 nitrogen and oxygen atoms in total. The first-order valence-corrected chi connectivity index (χ1v) is 8.71. The summed E-state index contributed by atoms with van der Waals surface area (Å²) in [6.45, 7) is 4.43. The smallest absolute Gasteiger partial charge is 0.239 e. The van der Waals surface area contributed by atoms with Crippen molar-refractivity contribution < 1.29 is 14.4 Å². The van der Waals surface area contributed by atoms with Gasteiger partial charge in [0.25, 0.3) is 0 Å². The van der Waals surface area contributed by atoms with Gasteiger partial charge in [0.2, 0.25) is 17.7 Å². The van der Waals surface area contributed by atoms with Crippen LogP contribution in [0, 0.1) is 5.92 Å². The molecule has 2 N–H and O–H groups in total. The molecule has 0 spiro atoms. The normalized spacial score (nSPS) is 18.7. The van der Waals surface area contributed by atoms with Gasteiger partial charge in [-0.05, 0) is 25.0 Å². The molecular formula is C18H24N4O3. The predicted molar refractivity (Wildman–Crippen MR) is 95.3 cm³/mol. The minimum Gasteiger partial charge on any atom is -0.359 e. The van der Waals surface area contributed by atoms with E-state index in [0.29, 0.717) is 39.0 Å². The van der Waals surface area contributed by atoms with E-state index in [1.165, 1.54) is 0 Å². The van der Waals surface area contributed by atoms with Gasteiger partial charge in [0, 0.05) is 39.0 Å². The number of carbonyl (C=O) groups is 3. The number of piperazine rings is 1. The van der Waals surface area contributed by atoms with E-state index < -0.39 is 0 Å². The number of benzene rings is 1. The summed E-state index contributed by atoms with van der Waals surface area (Å²) in [5.74, 6) is -0.0537. The van der Waals surface area contributed by atoms with Gasteiger partial charge >= 0.3 is 0 Å². The molecule has 0 bridgehead atoms. The second-order valence-corrected chi connectivity index (χ2v) is 6.56. The van der Waals surface area contributed by atoms with Crippen molar-refractivity contribution >= 4 is 29.1 Å². The van der Waals surface area contributed by atoms with Crippen molar-refractivity contribution in [3.05, 3.63) is 24.3 Å². The van der Waals surface area contributed by atoms with E-state index in [4.69, 9.17) is 0 Å². The highest BCUT2D eigenvalue weighted by Gasteiger charge is 2.27. The zero-order valence-corrected chi connectivity index (χ0v) is 14.5. The van der Waals surface area contributed by atoms with Crippen molar-refractivity contribution in [2.45, 2.75) is 19.8 Å². The third-order valence-corrected chi connectivity index (χ3v) is 4.85. The molecular weight excluding hydrogens is 320 g/mol. The average molecular weight is 344 g/mol. The molecule has 0 unspecified atom stereocenters. The largest absolute Gasteiger partial charge is 0.359 e. The number of carbonyl (C=O) groups excluding carboxylic acids is 3. The van der Waals surface area contributed by atoms with Crippen LogP contribution in [-0.4, -0.2) is 55.3 Å². The van der Waals surface area contributed by atoms with Crippen LogP contribution in [0.2, 0.25) is 0 Å². The van der Waals surface area contributed by atoms with Gasteiger partial charge in [-0.3, -0.25) is 14.4 Å². The van der Waals surface area contributed by atoms with E-state index >= 15 is 0 Å². The lowest BCUT2D eigenvalue weighted by atomic mass is 9.95. The summed E-state index contributed by atoms with van der Waals surface area (Å²) in [7, 11) is 0. The third kappa shape index (κ3) is 4.10. The fourth-order valence-corrected chi connectivity index (χ4v) is 3.39. The SMILES string of the molecule is CC(=O)N1CCC(C(=O)Nc2ccccc2N2CCNC(=O)C2)CC1. The Hall–Kier alpha value is -2.57. The molecule has 2 fully saturated rings. The molecule has 0 atom stereocenters. The first-order chi connectivity index (χ1) is 12.0. The quantitative estimate of drug-likeness (QED) is 0.851. The van der Waals surface area contributed by atoms with E-state index in [-0.39, 0.29) is 23.6 Å². The number of para-hydroxylation sites is 2. The van der Waals surface area contributed by atoms with Crippen LogP contribution in [0.25, 0.3) is 0 Å². The summed E-state index contributed by atoms with van der Waals surface area (Å²) in [4.78, 5) is 39.4. The molecule has 3 rings (SSSR count). The number of anilines is 2. The van der Waals surface area contributed by atoms with Crippen LogP contribution >= 0.6 is 0 Å². The number of nitrogens with one attached hydrogen (secondary N) is 2. The first kappa shape index (κ1) is 17.3. The van der Waals surface area contributed by atoms with Gasteiger partial charge in [0.1, 0.15) is 0 Å². The van der Waals surface area contributed by atoms with Gasteiger partial charge in [0.05, 0.1) is 17.9 Å². The molecule has 7 heteroatoms. The second kappa shape index (κ2) is 7.55. The van der Waals surface area contributed by atoms with Crippen molar-refractivity contribution in [2.75, 3.05) is 42.9 Å². The van der Waals surface area contributed by atoms with Crippen LogP contribution in [0.15, 0.2) is 24.3 Å². The summed E-state index contributed by atoms with van der Waals surface area (Å²) in [6, 6.07) is 7.57. The molecule has 0 aromatic heterocycles. The van der Waals surface area contributed by atoms with Gasteiger partial charge < -0.3 is 20.4 Å². The fourth-order valence-electron chi connectivity index (χ4n) is 3.39. The summed E-state index contributed by atoms with van der Waals surface area (Å²) >= 11 is 0. The first-order valence-electron chi connectivity index (χ1n) is 8.71. The van der Waals surface area contributed by atoms with E-state index in [2.05, 4.69) is 10.6 Å². The molecule has 1 aromatic carbocycles. The van der Waals surface area contributed by atoms with E-state index in [1.54, 1.807) is 11.8 Å². The number of hydrogen-bond donors (Lipinski definition) is 2. The average Bonchev–Trinajstić information content (AvgIpc) is 2.62. The van der Waals surface area contributed by atoms with Crippen molar-refractivity contribution in [3.63, 3.8) is 0 Å². The van der Waals surface area contributed by atoms with Gasteiger partial charge in [-0.25, -0.2) is 0 Å². The number of hydrogen-bond acceptors (Lipinski definition) is 4. The van der Waals surface area contributed by atoms with Crippen LogP contribution < -0.4 is 15.5 Å². The molecule has 25 heavy (non-hydrogen) atoms. The van der Waals surface area contributed by atoms with Crippen LogP contribution in [0.1, 0.15) is 19.8 Å². The Morgan fingerprint density at radius 1 is 1.16 bits per heavy atom. The lowest BCUT2D eigenvalue weighted by Crippen LogP contribution is -2.48. The molecule has 0 saturated carbocycles. The highest BCUT2D eigenvalue weighted by molar-refractivity contribution is 5.96. The summed E-state index contributed by atoms with van der Waals surface area (Å²) < 4.78 is 0. The summed E-state index contributed by atoms with van der Waals surface area (Å²) in [5, 5.41) is 5.83. The Morgan fingerprint density at radius 2 is 1.88 bits per heavy atom. The van der Waals surface area contributed by atoms with Crippen LogP contribution in [0.3, 0.4) is 0 Å². The third-order valence-electron chi connectivity index (χ3n) is 4.85. The molecule has 3 amide bonds. The number of amides is 3. The van der Waals surface area contributed by atoms with Crippen molar-refractivity contribution in [1.82, 2.24) is 10.2 Å². The molecule has 2 heterocycles. The molecule has 2 aliphatic heterocycles. The van der Waals surface area contributed by atoms with Crippen LogP contribution in [0.5, 0.6) is 0 Å². The molecule has 0 radical (unpaired) electrons. The fraction of sp³-hybridized carbons (Fsp3) is 0.500. The maximum atomic E-state index is 12.6. The Labute approximate surface area is 147 Å². The van der Waals surface area contributed by atoms with E-state index in [1.807, 2.05) is 29.2 Å². The maximum Gasteiger partial charge on any atom is 0.239 e. The minimum absolute atomic E-state index is 0.0102. The van der Waals surface area contributed by atoms with Gasteiger partial charge in [-0.1, -0.05) is 12.1 Å². The minimum atomic E-state index is -0.0895. The van der Waals surface area contributed by atoms with Crippen molar-refractivity contribution in [2.24, 2.45) is 5.92 Å². The zero-order chi connectivity index (χ0) is 17.8. The highest BCUT2D eigenvalue weighted by Crippen LogP contribution is 2.27. The summed E-state index contributed by atoms with van der Waals surface area (Å²) in [6.07, 6.45) is 1.36. The second-order valence-electron chi connectivity index (χ2n) is 6.56. The van der Waals surface area contributed by atoms with Gasteiger partial charge in [-0.2, -0.15) is 0 Å². The molecule has 134 valence electrons. The Kier molecular flexibility index (Phi) is 5.21. The lowest BCUT2D eigenvalue weighted by Gasteiger charge is -2.32. The van der Waals surface area contributed by atoms with Crippen molar-refractivity contribution in [3.8, 4) is 0 Å². The van der Waals surface area contributed by atoms with Gasteiger partial charge in [-0.15, -0.1) is 0 Å². The molecule has 2 saturated heterocycles. The predicted octanol–water partition coefficient (Wildman–Crippen LogP) is 0.820. The number of piperidine rings is 1. The highest BCUT2D eigenvalue weighted by atomic mass is 16.2. The lowest BCUT2D eigenvalue weighted by molar-refractivity contribution is -0.132. The monoisotopic (exact) mass is 344 g/mol. The van der Waals surface area contributed by atoms with Gasteiger partial charge in [0.15, 0.2) is 0 Å². The maximum absolute atomic E-state index is 12.6. The Morgan fingerprint density at radius 3 is 2.56 bits per heavy atom. The topological polar surface area (TPSA) is 81.8 Å². The van der Waals surface area contributed by atoms with Crippen LogP contribution in [0.4, 0.5) is 11.4 Å². The molecule has 0 aliphatic carbocycles. The Bertz CT molecular complexity index is 668. The summed E-state index contributed by atoms with van der Waals surface area (Å²) in [5.41, 5.74) is 1.60.